The highest BCUT2D eigenvalue weighted by Gasteiger charge is 2.19. The van der Waals surface area contributed by atoms with Crippen molar-refractivity contribution < 1.29 is 9.53 Å². The molecule has 4 heteroatoms. The molecule has 2 N–H and O–H groups in total. The number of nitrogens with one attached hydrogen (secondary N) is 2. The highest BCUT2D eigenvalue weighted by atomic mass is 16.5. The molecule has 1 unspecified atom stereocenters. The normalized spacial score (nSPS) is 19.6. The molecule has 0 radical (unpaired) electrons. The lowest BCUT2D eigenvalue weighted by Crippen LogP contribution is -2.42. The monoisotopic (exact) mass is 276 g/mol. The SMILES string of the molecule is CC(C)Oc1ccc(CNC2CCCCNC2=O)cc1. The third-order valence-electron chi connectivity index (χ3n) is 3.38. The van der Waals surface area contributed by atoms with Gasteiger partial charge in [0, 0.05) is 13.1 Å². The first kappa shape index (κ1) is 14.9. The van der Waals surface area contributed by atoms with Gasteiger partial charge in [-0.1, -0.05) is 12.1 Å². The van der Waals surface area contributed by atoms with E-state index < -0.39 is 0 Å². The highest BCUT2D eigenvalue weighted by molar-refractivity contribution is 5.81. The fraction of sp³-hybridized carbons (Fsp3) is 0.562. The Labute approximate surface area is 120 Å². The molecule has 0 aromatic heterocycles. The standard InChI is InChI=1S/C16H24N2O2/c1-12(2)20-14-8-6-13(7-9-14)11-18-15-5-3-4-10-17-16(15)19/h6-9,12,15,18H,3-5,10-11H2,1-2H3,(H,17,19). The van der Waals surface area contributed by atoms with Crippen molar-refractivity contribution in [1.29, 1.82) is 0 Å². The number of ether oxygens (including phenoxy) is 1. The number of hydrogen-bond donors (Lipinski definition) is 2. The second-order valence-corrected chi connectivity index (χ2v) is 5.53. The van der Waals surface area contributed by atoms with Gasteiger partial charge in [0.1, 0.15) is 5.75 Å². The minimum atomic E-state index is -0.0657. The summed E-state index contributed by atoms with van der Waals surface area (Å²) in [6, 6.07) is 7.97. The van der Waals surface area contributed by atoms with Crippen LogP contribution in [0.25, 0.3) is 0 Å². The molecule has 1 atom stereocenters. The van der Waals surface area contributed by atoms with Crippen LogP contribution < -0.4 is 15.4 Å². The van der Waals surface area contributed by atoms with Gasteiger partial charge in [-0.3, -0.25) is 4.79 Å². The van der Waals surface area contributed by atoms with Gasteiger partial charge in [0.05, 0.1) is 12.1 Å². The van der Waals surface area contributed by atoms with Crippen LogP contribution >= 0.6 is 0 Å². The second kappa shape index (κ2) is 7.29. The minimum absolute atomic E-state index is 0.0657. The molecule has 110 valence electrons. The first-order valence-corrected chi connectivity index (χ1v) is 7.42. The van der Waals surface area contributed by atoms with Crippen molar-refractivity contribution >= 4 is 5.91 Å². The Bertz CT molecular complexity index is 429. The topological polar surface area (TPSA) is 50.4 Å². The zero-order chi connectivity index (χ0) is 14.4. The van der Waals surface area contributed by atoms with Crippen LogP contribution in [0.15, 0.2) is 24.3 Å². The lowest BCUT2D eigenvalue weighted by atomic mass is 10.1. The van der Waals surface area contributed by atoms with Gasteiger partial charge in [0.25, 0.3) is 0 Å². The van der Waals surface area contributed by atoms with Gasteiger partial charge in [-0.25, -0.2) is 0 Å². The first-order valence-electron chi connectivity index (χ1n) is 7.42. The van der Waals surface area contributed by atoms with Crippen molar-refractivity contribution in [2.75, 3.05) is 6.54 Å². The molecule has 1 amide bonds. The van der Waals surface area contributed by atoms with Gasteiger partial charge in [-0.15, -0.1) is 0 Å². The van der Waals surface area contributed by atoms with Crippen molar-refractivity contribution in [2.45, 2.75) is 51.8 Å². The fourth-order valence-corrected chi connectivity index (χ4v) is 2.33. The number of amides is 1. The number of carbonyl (C=O) groups is 1. The summed E-state index contributed by atoms with van der Waals surface area (Å²) >= 11 is 0. The van der Waals surface area contributed by atoms with Crippen LogP contribution in [-0.4, -0.2) is 24.6 Å². The van der Waals surface area contributed by atoms with Crippen molar-refractivity contribution in [3.63, 3.8) is 0 Å². The van der Waals surface area contributed by atoms with E-state index in [9.17, 15) is 4.79 Å². The summed E-state index contributed by atoms with van der Waals surface area (Å²) in [5.74, 6) is 1.01. The zero-order valence-electron chi connectivity index (χ0n) is 12.3. The molecule has 0 aliphatic carbocycles. The average Bonchev–Trinajstić information content (AvgIpc) is 2.62. The molecule has 0 saturated carbocycles. The molecule has 1 aromatic carbocycles. The minimum Gasteiger partial charge on any atom is -0.491 e. The van der Waals surface area contributed by atoms with E-state index in [0.29, 0.717) is 6.54 Å². The predicted octanol–water partition coefficient (Wildman–Crippen LogP) is 2.23. The Balaban J connectivity index is 1.85. The van der Waals surface area contributed by atoms with E-state index in [-0.39, 0.29) is 18.1 Å². The Hall–Kier alpha value is -1.55. The van der Waals surface area contributed by atoms with Gasteiger partial charge < -0.3 is 15.4 Å². The summed E-state index contributed by atoms with van der Waals surface area (Å²) in [7, 11) is 0. The van der Waals surface area contributed by atoms with Gasteiger partial charge in [-0.05, 0) is 50.8 Å². The summed E-state index contributed by atoms with van der Waals surface area (Å²) in [4.78, 5) is 11.8. The Kier molecular flexibility index (Phi) is 5.41. The van der Waals surface area contributed by atoms with Crippen LogP contribution in [0.3, 0.4) is 0 Å². The maximum absolute atomic E-state index is 11.8. The van der Waals surface area contributed by atoms with E-state index in [0.717, 1.165) is 37.1 Å². The van der Waals surface area contributed by atoms with E-state index >= 15 is 0 Å². The van der Waals surface area contributed by atoms with Crippen molar-refractivity contribution in [2.24, 2.45) is 0 Å². The van der Waals surface area contributed by atoms with Gasteiger partial charge in [0.2, 0.25) is 5.91 Å². The van der Waals surface area contributed by atoms with Gasteiger partial charge in [0.15, 0.2) is 0 Å². The average molecular weight is 276 g/mol. The molecule has 1 aliphatic rings. The summed E-state index contributed by atoms with van der Waals surface area (Å²) in [6.45, 7) is 5.54. The molecule has 2 rings (SSSR count). The number of carbonyl (C=O) groups excluding carboxylic acids is 1. The van der Waals surface area contributed by atoms with E-state index in [2.05, 4.69) is 10.6 Å². The maximum Gasteiger partial charge on any atom is 0.237 e. The van der Waals surface area contributed by atoms with Crippen LogP contribution in [0.4, 0.5) is 0 Å². The van der Waals surface area contributed by atoms with Gasteiger partial charge in [-0.2, -0.15) is 0 Å². The van der Waals surface area contributed by atoms with Crippen LogP contribution in [0.1, 0.15) is 38.7 Å². The summed E-state index contributed by atoms with van der Waals surface area (Å²) < 4.78 is 5.61. The number of rotatable bonds is 5. The highest BCUT2D eigenvalue weighted by Crippen LogP contribution is 2.14. The van der Waals surface area contributed by atoms with Crippen molar-refractivity contribution in [1.82, 2.24) is 10.6 Å². The van der Waals surface area contributed by atoms with E-state index in [4.69, 9.17) is 4.74 Å². The van der Waals surface area contributed by atoms with Crippen LogP contribution in [0.2, 0.25) is 0 Å². The third kappa shape index (κ3) is 4.53. The van der Waals surface area contributed by atoms with Crippen LogP contribution in [0, 0.1) is 0 Å². The molecule has 1 aromatic rings. The molecule has 0 spiro atoms. The van der Waals surface area contributed by atoms with Crippen LogP contribution in [-0.2, 0) is 11.3 Å². The van der Waals surface area contributed by atoms with E-state index in [1.807, 2.05) is 38.1 Å². The Morgan fingerprint density at radius 1 is 1.30 bits per heavy atom. The van der Waals surface area contributed by atoms with E-state index in [1.165, 1.54) is 0 Å². The Morgan fingerprint density at radius 2 is 2.05 bits per heavy atom. The van der Waals surface area contributed by atoms with Crippen molar-refractivity contribution in [3.05, 3.63) is 29.8 Å². The van der Waals surface area contributed by atoms with Crippen molar-refractivity contribution in [3.8, 4) is 5.75 Å². The number of benzene rings is 1. The molecule has 0 bridgehead atoms. The Morgan fingerprint density at radius 3 is 2.75 bits per heavy atom. The quantitative estimate of drug-likeness (QED) is 0.867. The largest absolute Gasteiger partial charge is 0.491 e. The van der Waals surface area contributed by atoms with E-state index in [1.54, 1.807) is 0 Å². The first-order chi connectivity index (χ1) is 9.65. The number of hydrogen-bond acceptors (Lipinski definition) is 3. The third-order valence-corrected chi connectivity index (χ3v) is 3.38. The molecule has 1 aliphatic heterocycles. The predicted molar refractivity (Wildman–Crippen MR) is 79.7 cm³/mol. The zero-order valence-corrected chi connectivity index (χ0v) is 12.3. The lowest BCUT2D eigenvalue weighted by Gasteiger charge is -2.15. The molecular formula is C16H24N2O2. The molecule has 20 heavy (non-hydrogen) atoms. The lowest BCUT2D eigenvalue weighted by molar-refractivity contribution is -0.122. The maximum atomic E-state index is 11.8. The fourth-order valence-electron chi connectivity index (χ4n) is 2.33. The van der Waals surface area contributed by atoms with Crippen LogP contribution in [0.5, 0.6) is 5.75 Å². The van der Waals surface area contributed by atoms with Gasteiger partial charge >= 0.3 is 0 Å². The molecular weight excluding hydrogens is 252 g/mol. The second-order valence-electron chi connectivity index (χ2n) is 5.53. The molecule has 1 saturated heterocycles. The molecule has 4 nitrogen and oxygen atoms in total. The smallest absolute Gasteiger partial charge is 0.237 e. The summed E-state index contributed by atoms with van der Waals surface area (Å²) in [6.07, 6.45) is 3.27. The molecule has 1 heterocycles. The molecule has 1 fully saturated rings. The summed E-state index contributed by atoms with van der Waals surface area (Å²) in [5.41, 5.74) is 1.16. The summed E-state index contributed by atoms with van der Waals surface area (Å²) in [5, 5.41) is 6.28.